The van der Waals surface area contributed by atoms with Crippen LogP contribution in [-0.4, -0.2) is 23.4 Å². The molecule has 7 heteroatoms. The summed E-state index contributed by atoms with van der Waals surface area (Å²) in [4.78, 5) is 24.9. The van der Waals surface area contributed by atoms with E-state index in [0.717, 1.165) is 10.4 Å². The molecule has 0 radical (unpaired) electrons. The monoisotopic (exact) mass is 342 g/mol. The van der Waals surface area contributed by atoms with E-state index in [1.807, 2.05) is 13.8 Å². The third-order valence-electron chi connectivity index (χ3n) is 2.63. The van der Waals surface area contributed by atoms with Gasteiger partial charge in [-0.05, 0) is 61.0 Å². The Morgan fingerprint density at radius 2 is 1.30 bits per heavy atom. The smallest absolute Gasteiger partial charge is 0.412 e. The highest BCUT2D eigenvalue weighted by molar-refractivity contribution is 7.17. The molecule has 2 N–H and O–H groups in total. The zero-order valence-electron chi connectivity index (χ0n) is 15.0. The number of amides is 2. The maximum Gasteiger partial charge on any atom is 0.412 e. The minimum Gasteiger partial charge on any atom is -0.444 e. The van der Waals surface area contributed by atoms with Gasteiger partial charge in [0.25, 0.3) is 0 Å². The van der Waals surface area contributed by atoms with Crippen LogP contribution in [0.3, 0.4) is 0 Å². The van der Waals surface area contributed by atoms with Crippen molar-refractivity contribution in [2.24, 2.45) is 0 Å². The first-order valence-corrected chi connectivity index (χ1v) is 8.20. The highest BCUT2D eigenvalue weighted by Gasteiger charge is 2.23. The SMILES string of the molecule is Cc1sc(NC(=O)OC(C)(C)C)c(NC(=O)OC(C)(C)C)c1C. The Hall–Kier alpha value is -1.76. The molecule has 0 aliphatic rings. The summed E-state index contributed by atoms with van der Waals surface area (Å²) < 4.78 is 10.5. The van der Waals surface area contributed by atoms with Gasteiger partial charge in [-0.3, -0.25) is 10.6 Å². The summed E-state index contributed by atoms with van der Waals surface area (Å²) in [5.74, 6) is 0. The Bertz CT molecular complexity index is 594. The van der Waals surface area contributed by atoms with E-state index in [-0.39, 0.29) is 0 Å². The van der Waals surface area contributed by atoms with Crippen molar-refractivity contribution in [1.82, 2.24) is 0 Å². The zero-order chi connectivity index (χ0) is 18.0. The molecule has 0 unspecified atom stereocenters. The van der Waals surface area contributed by atoms with Crippen LogP contribution < -0.4 is 10.6 Å². The number of hydrogen-bond donors (Lipinski definition) is 2. The minimum atomic E-state index is -0.595. The molecule has 0 aromatic carbocycles. The molecule has 0 aliphatic carbocycles. The summed E-state index contributed by atoms with van der Waals surface area (Å²) >= 11 is 1.37. The Balaban J connectivity index is 2.92. The Morgan fingerprint density at radius 1 is 0.870 bits per heavy atom. The summed E-state index contributed by atoms with van der Waals surface area (Å²) in [5.41, 5.74) is 0.228. The molecule has 2 amide bonds. The second kappa shape index (κ2) is 6.78. The number of carbonyl (C=O) groups is 2. The van der Waals surface area contributed by atoms with Crippen molar-refractivity contribution in [3.05, 3.63) is 10.4 Å². The van der Waals surface area contributed by atoms with Gasteiger partial charge in [-0.15, -0.1) is 11.3 Å². The number of aryl methyl sites for hydroxylation is 1. The van der Waals surface area contributed by atoms with Gasteiger partial charge in [-0.25, -0.2) is 9.59 Å². The first kappa shape index (κ1) is 19.3. The molecule has 0 fully saturated rings. The number of rotatable bonds is 2. The average molecular weight is 342 g/mol. The molecule has 23 heavy (non-hydrogen) atoms. The van der Waals surface area contributed by atoms with Crippen LogP contribution in [-0.2, 0) is 9.47 Å². The lowest BCUT2D eigenvalue weighted by Crippen LogP contribution is -2.29. The molecule has 0 atom stereocenters. The molecule has 6 nitrogen and oxygen atoms in total. The quantitative estimate of drug-likeness (QED) is 0.787. The van der Waals surface area contributed by atoms with Crippen molar-refractivity contribution < 1.29 is 19.1 Å². The van der Waals surface area contributed by atoms with Gasteiger partial charge < -0.3 is 9.47 Å². The van der Waals surface area contributed by atoms with Crippen LogP contribution in [0.4, 0.5) is 20.3 Å². The van der Waals surface area contributed by atoms with E-state index in [2.05, 4.69) is 10.6 Å². The molecule has 1 aromatic rings. The first-order chi connectivity index (χ1) is 10.3. The second-order valence-electron chi connectivity index (χ2n) is 7.24. The molecule has 0 bridgehead atoms. The molecule has 130 valence electrons. The molecular weight excluding hydrogens is 316 g/mol. The second-order valence-corrected chi connectivity index (χ2v) is 8.47. The highest BCUT2D eigenvalue weighted by atomic mass is 32.1. The van der Waals surface area contributed by atoms with Crippen LogP contribution in [0.5, 0.6) is 0 Å². The molecule has 0 aliphatic heterocycles. The van der Waals surface area contributed by atoms with Crippen LogP contribution in [0.1, 0.15) is 52.0 Å². The van der Waals surface area contributed by atoms with Crippen molar-refractivity contribution in [3.8, 4) is 0 Å². The number of carbonyl (C=O) groups excluding carboxylic acids is 2. The summed E-state index contributed by atoms with van der Waals surface area (Å²) in [6.45, 7) is 14.5. The third kappa shape index (κ3) is 6.48. The van der Waals surface area contributed by atoms with Gasteiger partial charge in [0.2, 0.25) is 0 Å². The van der Waals surface area contributed by atoms with E-state index < -0.39 is 23.4 Å². The molecule has 1 rings (SSSR count). The third-order valence-corrected chi connectivity index (χ3v) is 3.75. The van der Waals surface area contributed by atoms with Gasteiger partial charge in [0.05, 0.1) is 5.69 Å². The molecule has 1 heterocycles. The van der Waals surface area contributed by atoms with Gasteiger partial charge in [0, 0.05) is 4.88 Å². The maximum atomic E-state index is 12.0. The fourth-order valence-corrected chi connectivity index (χ4v) is 2.67. The highest BCUT2D eigenvalue weighted by Crippen LogP contribution is 2.37. The van der Waals surface area contributed by atoms with Crippen LogP contribution in [0, 0.1) is 13.8 Å². The Kier molecular flexibility index (Phi) is 5.69. The van der Waals surface area contributed by atoms with Gasteiger partial charge >= 0.3 is 12.2 Å². The molecule has 1 aromatic heterocycles. The van der Waals surface area contributed by atoms with Crippen molar-refractivity contribution >= 4 is 34.2 Å². The van der Waals surface area contributed by atoms with Crippen LogP contribution in [0.25, 0.3) is 0 Å². The van der Waals surface area contributed by atoms with E-state index in [0.29, 0.717) is 10.7 Å². The summed E-state index contributed by atoms with van der Waals surface area (Å²) in [5, 5.41) is 5.92. The van der Waals surface area contributed by atoms with Crippen LogP contribution >= 0.6 is 11.3 Å². The van der Waals surface area contributed by atoms with E-state index in [4.69, 9.17) is 9.47 Å². The molecule has 0 spiro atoms. The van der Waals surface area contributed by atoms with Crippen molar-refractivity contribution in [2.75, 3.05) is 10.6 Å². The maximum absolute atomic E-state index is 12.0. The van der Waals surface area contributed by atoms with Crippen molar-refractivity contribution in [2.45, 2.75) is 66.6 Å². The summed E-state index contributed by atoms with van der Waals surface area (Å²) in [7, 11) is 0. The molecule has 0 saturated heterocycles. The zero-order valence-corrected chi connectivity index (χ0v) is 15.9. The fraction of sp³-hybridized carbons (Fsp3) is 0.625. The van der Waals surface area contributed by atoms with Crippen molar-refractivity contribution in [3.63, 3.8) is 0 Å². The largest absolute Gasteiger partial charge is 0.444 e. The molecular formula is C16H26N2O4S. The van der Waals surface area contributed by atoms with E-state index in [1.165, 1.54) is 11.3 Å². The predicted molar refractivity (Wildman–Crippen MR) is 93.5 cm³/mol. The van der Waals surface area contributed by atoms with E-state index in [9.17, 15) is 9.59 Å². The number of anilines is 2. The number of nitrogens with one attached hydrogen (secondary N) is 2. The topological polar surface area (TPSA) is 76.7 Å². The van der Waals surface area contributed by atoms with Gasteiger partial charge in [0.15, 0.2) is 0 Å². The standard InChI is InChI=1S/C16H26N2O4S/c1-9-10(2)23-12(18-14(20)22-16(6,7)8)11(9)17-13(19)21-15(3,4)5/h1-8H3,(H,17,19)(H,18,20). The average Bonchev–Trinajstić information content (AvgIpc) is 2.51. The fourth-order valence-electron chi connectivity index (χ4n) is 1.67. The first-order valence-electron chi connectivity index (χ1n) is 7.38. The lowest BCUT2D eigenvalue weighted by molar-refractivity contribution is 0.0621. The number of ether oxygens (including phenoxy) is 2. The normalized spacial score (nSPS) is 11.8. The number of hydrogen-bond acceptors (Lipinski definition) is 5. The summed E-state index contributed by atoms with van der Waals surface area (Å²) in [6.07, 6.45) is -1.13. The predicted octanol–water partition coefficient (Wildman–Crippen LogP) is 5.06. The lowest BCUT2D eigenvalue weighted by Gasteiger charge is -2.21. The van der Waals surface area contributed by atoms with Gasteiger partial charge in [-0.1, -0.05) is 0 Å². The van der Waals surface area contributed by atoms with Crippen LogP contribution in [0.2, 0.25) is 0 Å². The van der Waals surface area contributed by atoms with E-state index >= 15 is 0 Å². The van der Waals surface area contributed by atoms with Crippen LogP contribution in [0.15, 0.2) is 0 Å². The Morgan fingerprint density at radius 3 is 1.74 bits per heavy atom. The number of thiophene rings is 1. The Labute approximate surface area is 141 Å². The minimum absolute atomic E-state index is 0.528. The van der Waals surface area contributed by atoms with Gasteiger partial charge in [-0.2, -0.15) is 0 Å². The molecule has 0 saturated carbocycles. The lowest BCUT2D eigenvalue weighted by atomic mass is 10.2. The van der Waals surface area contributed by atoms with Gasteiger partial charge in [0.1, 0.15) is 16.2 Å². The summed E-state index contributed by atoms with van der Waals surface area (Å²) in [6, 6.07) is 0. The van der Waals surface area contributed by atoms with E-state index in [1.54, 1.807) is 41.5 Å². The van der Waals surface area contributed by atoms with Crippen molar-refractivity contribution in [1.29, 1.82) is 0 Å².